The number of ether oxygens (including phenoxy) is 1. The van der Waals surface area contributed by atoms with Gasteiger partial charge >= 0.3 is 0 Å². The van der Waals surface area contributed by atoms with Gasteiger partial charge in [-0.05, 0) is 47.9 Å². The molecule has 0 aliphatic carbocycles. The first-order valence-corrected chi connectivity index (χ1v) is 10.4. The fraction of sp³-hybridized carbons (Fsp3) is 0.200. The number of halogens is 3. The molecule has 1 heterocycles. The number of fused-ring (bicyclic) bond motifs is 3. The van der Waals surface area contributed by atoms with E-state index in [2.05, 4.69) is 4.72 Å². The van der Waals surface area contributed by atoms with Gasteiger partial charge in [0.2, 0.25) is 10.0 Å². The molecule has 1 aliphatic heterocycles. The maximum atomic E-state index is 14.1. The van der Waals surface area contributed by atoms with Crippen LogP contribution in [0.1, 0.15) is 23.7 Å². The first-order valence-electron chi connectivity index (χ1n) is 8.56. The van der Waals surface area contributed by atoms with Gasteiger partial charge in [0.25, 0.3) is 0 Å². The van der Waals surface area contributed by atoms with E-state index >= 15 is 0 Å². The van der Waals surface area contributed by atoms with Crippen LogP contribution in [0.15, 0.2) is 42.5 Å². The molecule has 28 heavy (non-hydrogen) atoms. The number of aryl methyl sites for hydroxylation is 1. The molecule has 4 rings (SSSR count). The van der Waals surface area contributed by atoms with E-state index in [9.17, 15) is 21.6 Å². The Hall–Kier alpha value is -2.74. The quantitative estimate of drug-likeness (QED) is 0.641. The van der Waals surface area contributed by atoms with E-state index in [0.29, 0.717) is 30.3 Å². The summed E-state index contributed by atoms with van der Waals surface area (Å²) >= 11 is 0. The summed E-state index contributed by atoms with van der Waals surface area (Å²) in [5, 5.41) is 1.72. The largest absolute Gasteiger partial charge is 0.485 e. The number of anilines is 1. The van der Waals surface area contributed by atoms with Gasteiger partial charge in [0.15, 0.2) is 11.6 Å². The van der Waals surface area contributed by atoms with Crippen molar-refractivity contribution in [3.63, 3.8) is 0 Å². The Morgan fingerprint density at radius 1 is 1.00 bits per heavy atom. The molecule has 0 spiro atoms. The SMILES string of the molecule is CS(=O)(=O)Nc1ccc2c3c(ccc2c1)O[C@H](c1cc(F)c(F)cc1F)CC3. The Kier molecular flexibility index (Phi) is 4.45. The van der Waals surface area contributed by atoms with Gasteiger partial charge in [-0.15, -0.1) is 0 Å². The normalized spacial score (nSPS) is 16.5. The van der Waals surface area contributed by atoms with E-state index in [4.69, 9.17) is 4.74 Å². The zero-order valence-electron chi connectivity index (χ0n) is 14.8. The number of benzene rings is 3. The van der Waals surface area contributed by atoms with E-state index in [0.717, 1.165) is 28.7 Å². The Morgan fingerprint density at radius 3 is 2.50 bits per heavy atom. The minimum atomic E-state index is -3.38. The van der Waals surface area contributed by atoms with Crippen molar-refractivity contribution in [2.75, 3.05) is 11.0 Å². The van der Waals surface area contributed by atoms with Crippen LogP contribution in [0.5, 0.6) is 5.75 Å². The van der Waals surface area contributed by atoms with E-state index < -0.39 is 33.6 Å². The molecule has 0 bridgehead atoms. The van der Waals surface area contributed by atoms with E-state index in [1.54, 1.807) is 30.3 Å². The first-order chi connectivity index (χ1) is 13.2. The zero-order chi connectivity index (χ0) is 20.1. The van der Waals surface area contributed by atoms with Gasteiger partial charge in [-0.1, -0.05) is 12.1 Å². The number of hydrogen-bond donors (Lipinski definition) is 1. The minimum absolute atomic E-state index is 0.0163. The average Bonchev–Trinajstić information content (AvgIpc) is 2.62. The fourth-order valence-corrected chi connectivity index (χ4v) is 4.07. The molecule has 3 aromatic carbocycles. The predicted molar refractivity (Wildman–Crippen MR) is 100 cm³/mol. The molecule has 0 amide bonds. The van der Waals surface area contributed by atoms with Gasteiger partial charge in [-0.3, -0.25) is 4.72 Å². The minimum Gasteiger partial charge on any atom is -0.485 e. The topological polar surface area (TPSA) is 55.4 Å². The highest BCUT2D eigenvalue weighted by Gasteiger charge is 2.26. The summed E-state index contributed by atoms with van der Waals surface area (Å²) in [4.78, 5) is 0. The molecule has 0 saturated carbocycles. The van der Waals surface area contributed by atoms with Crippen LogP contribution in [0.25, 0.3) is 10.8 Å². The Balaban J connectivity index is 1.68. The molecular formula is C20H16F3NO3S. The van der Waals surface area contributed by atoms with Crippen LogP contribution >= 0.6 is 0 Å². The number of rotatable bonds is 3. The lowest BCUT2D eigenvalue weighted by Crippen LogP contribution is -2.17. The van der Waals surface area contributed by atoms with Crippen molar-refractivity contribution in [3.05, 3.63) is 71.0 Å². The molecule has 0 radical (unpaired) electrons. The molecular weight excluding hydrogens is 391 g/mol. The lowest BCUT2D eigenvalue weighted by atomic mass is 9.93. The van der Waals surface area contributed by atoms with Gasteiger partial charge in [-0.25, -0.2) is 21.6 Å². The molecule has 1 aliphatic rings. The van der Waals surface area contributed by atoms with Crippen LogP contribution in [0, 0.1) is 17.5 Å². The van der Waals surface area contributed by atoms with Crippen molar-refractivity contribution in [1.82, 2.24) is 0 Å². The van der Waals surface area contributed by atoms with E-state index in [1.165, 1.54) is 0 Å². The van der Waals surface area contributed by atoms with Gasteiger partial charge in [0, 0.05) is 22.9 Å². The summed E-state index contributed by atoms with van der Waals surface area (Å²) in [5.41, 5.74) is 1.34. The Morgan fingerprint density at radius 2 is 1.75 bits per heavy atom. The number of hydrogen-bond acceptors (Lipinski definition) is 3. The standard InChI is InChI=1S/C20H16F3NO3S/c1-28(25,26)24-12-3-4-13-11(8-12)2-6-19-14(13)5-7-20(27-19)15-9-17(22)18(23)10-16(15)21/h2-4,6,8-10,20,24H,5,7H2,1H3/t20-/m0/s1. The van der Waals surface area contributed by atoms with Crippen molar-refractivity contribution in [2.24, 2.45) is 0 Å². The van der Waals surface area contributed by atoms with Crippen LogP contribution in [-0.4, -0.2) is 14.7 Å². The van der Waals surface area contributed by atoms with Gasteiger partial charge < -0.3 is 4.74 Å². The van der Waals surface area contributed by atoms with Crippen LogP contribution < -0.4 is 9.46 Å². The summed E-state index contributed by atoms with van der Waals surface area (Å²) in [6, 6.07) is 10.0. The molecule has 3 aromatic rings. The molecule has 0 unspecified atom stereocenters. The lowest BCUT2D eigenvalue weighted by molar-refractivity contribution is 0.172. The van der Waals surface area contributed by atoms with Crippen LogP contribution in [0.3, 0.4) is 0 Å². The molecule has 0 aromatic heterocycles. The van der Waals surface area contributed by atoms with Gasteiger partial charge in [0.05, 0.1) is 6.26 Å². The third-order valence-corrected chi connectivity index (χ3v) is 5.31. The zero-order valence-corrected chi connectivity index (χ0v) is 15.6. The third kappa shape index (κ3) is 3.52. The Bertz CT molecular complexity index is 1200. The second-order valence-electron chi connectivity index (χ2n) is 6.79. The van der Waals surface area contributed by atoms with Crippen LogP contribution in [0.4, 0.5) is 18.9 Å². The van der Waals surface area contributed by atoms with E-state index in [1.807, 2.05) is 0 Å². The number of sulfonamides is 1. The smallest absolute Gasteiger partial charge is 0.229 e. The van der Waals surface area contributed by atoms with Crippen molar-refractivity contribution in [1.29, 1.82) is 0 Å². The number of nitrogens with one attached hydrogen (secondary N) is 1. The second kappa shape index (κ2) is 6.70. The summed E-state index contributed by atoms with van der Waals surface area (Å²) in [6.07, 6.45) is 1.31. The highest BCUT2D eigenvalue weighted by molar-refractivity contribution is 7.92. The molecule has 146 valence electrons. The highest BCUT2D eigenvalue weighted by atomic mass is 32.2. The van der Waals surface area contributed by atoms with Crippen molar-refractivity contribution in [3.8, 4) is 5.75 Å². The summed E-state index contributed by atoms with van der Waals surface area (Å²) in [5.74, 6) is -2.65. The fourth-order valence-electron chi connectivity index (χ4n) is 3.51. The van der Waals surface area contributed by atoms with Gasteiger partial charge in [-0.2, -0.15) is 0 Å². The first kappa shape index (κ1) is 18.6. The maximum Gasteiger partial charge on any atom is 0.229 e. The molecule has 1 N–H and O–H groups in total. The average molecular weight is 407 g/mol. The Labute approximate surface area is 160 Å². The molecule has 8 heteroatoms. The summed E-state index contributed by atoms with van der Waals surface area (Å²) in [6.45, 7) is 0. The molecule has 4 nitrogen and oxygen atoms in total. The third-order valence-electron chi connectivity index (χ3n) is 4.70. The predicted octanol–water partition coefficient (Wildman–Crippen LogP) is 4.69. The van der Waals surface area contributed by atoms with Gasteiger partial charge in [0.1, 0.15) is 17.7 Å². The maximum absolute atomic E-state index is 14.1. The summed E-state index contributed by atoms with van der Waals surface area (Å²) < 4.78 is 71.9. The molecule has 1 atom stereocenters. The molecule has 0 fully saturated rings. The monoisotopic (exact) mass is 407 g/mol. The summed E-state index contributed by atoms with van der Waals surface area (Å²) in [7, 11) is -3.38. The van der Waals surface area contributed by atoms with Crippen molar-refractivity contribution < 1.29 is 26.3 Å². The van der Waals surface area contributed by atoms with Crippen LogP contribution in [-0.2, 0) is 16.4 Å². The van der Waals surface area contributed by atoms with Crippen molar-refractivity contribution in [2.45, 2.75) is 18.9 Å². The second-order valence-corrected chi connectivity index (χ2v) is 8.53. The van der Waals surface area contributed by atoms with Crippen LogP contribution in [0.2, 0.25) is 0 Å². The van der Waals surface area contributed by atoms with E-state index in [-0.39, 0.29) is 5.56 Å². The van der Waals surface area contributed by atoms with Crippen molar-refractivity contribution >= 4 is 26.5 Å². The molecule has 0 saturated heterocycles. The highest BCUT2D eigenvalue weighted by Crippen LogP contribution is 2.40. The lowest BCUT2D eigenvalue weighted by Gasteiger charge is -2.28.